The molecule has 1 aromatic carbocycles. The summed E-state index contributed by atoms with van der Waals surface area (Å²) in [5, 5.41) is 4.06. The number of aromatic nitrogens is 2. The Balaban J connectivity index is 1.61. The summed E-state index contributed by atoms with van der Waals surface area (Å²) in [6.45, 7) is 1.90. The summed E-state index contributed by atoms with van der Waals surface area (Å²) < 4.78 is 13.3. The van der Waals surface area contributed by atoms with E-state index in [1.54, 1.807) is 13.3 Å². The van der Waals surface area contributed by atoms with Crippen molar-refractivity contribution in [2.75, 3.05) is 7.11 Å². The SMILES string of the molecule is COc1cccc2c(C)c(C(=O)N[C@H]3CCC[C@@H]3n3ccnc3)oc12. The molecule has 6 nitrogen and oxygen atoms in total. The molecule has 2 heterocycles. The van der Waals surface area contributed by atoms with E-state index in [1.165, 1.54) is 0 Å². The van der Waals surface area contributed by atoms with Gasteiger partial charge in [0.2, 0.25) is 0 Å². The van der Waals surface area contributed by atoms with Gasteiger partial charge in [-0.1, -0.05) is 12.1 Å². The maximum Gasteiger partial charge on any atom is 0.287 e. The molecule has 0 radical (unpaired) electrons. The second-order valence-corrected chi connectivity index (χ2v) is 6.48. The van der Waals surface area contributed by atoms with Gasteiger partial charge in [-0.15, -0.1) is 0 Å². The van der Waals surface area contributed by atoms with Crippen molar-refractivity contribution in [1.82, 2.24) is 14.9 Å². The Labute approximate surface area is 145 Å². The average Bonchev–Trinajstić information content (AvgIpc) is 3.34. The lowest BCUT2D eigenvalue weighted by atomic mass is 10.1. The first-order valence-electron chi connectivity index (χ1n) is 8.53. The fraction of sp³-hybridized carbons (Fsp3) is 0.368. The molecule has 130 valence electrons. The van der Waals surface area contributed by atoms with Gasteiger partial charge >= 0.3 is 0 Å². The number of aryl methyl sites for hydroxylation is 1. The monoisotopic (exact) mass is 339 g/mol. The highest BCUT2D eigenvalue weighted by atomic mass is 16.5. The summed E-state index contributed by atoms with van der Waals surface area (Å²) >= 11 is 0. The van der Waals surface area contributed by atoms with E-state index in [2.05, 4.69) is 14.9 Å². The number of furan rings is 1. The summed E-state index contributed by atoms with van der Waals surface area (Å²) in [6, 6.07) is 6.00. The molecular formula is C19H21N3O3. The van der Waals surface area contributed by atoms with Crippen LogP contribution >= 0.6 is 0 Å². The van der Waals surface area contributed by atoms with Crippen molar-refractivity contribution in [2.45, 2.75) is 38.3 Å². The normalized spacial score (nSPS) is 20.1. The molecule has 0 aliphatic heterocycles. The van der Waals surface area contributed by atoms with Crippen LogP contribution in [0.5, 0.6) is 5.75 Å². The maximum atomic E-state index is 12.8. The van der Waals surface area contributed by atoms with E-state index < -0.39 is 0 Å². The molecule has 2 aromatic heterocycles. The van der Waals surface area contributed by atoms with Gasteiger partial charge in [0, 0.05) is 23.3 Å². The van der Waals surface area contributed by atoms with Crippen molar-refractivity contribution in [2.24, 2.45) is 0 Å². The van der Waals surface area contributed by atoms with Gasteiger partial charge in [0.25, 0.3) is 5.91 Å². The predicted molar refractivity (Wildman–Crippen MR) is 93.9 cm³/mol. The molecule has 0 unspecified atom stereocenters. The lowest BCUT2D eigenvalue weighted by Gasteiger charge is -2.21. The molecule has 0 bridgehead atoms. The highest BCUT2D eigenvalue weighted by Crippen LogP contribution is 2.33. The lowest BCUT2D eigenvalue weighted by Crippen LogP contribution is -2.38. The van der Waals surface area contributed by atoms with Crippen LogP contribution in [0.15, 0.2) is 41.3 Å². The quantitative estimate of drug-likeness (QED) is 0.790. The summed E-state index contributed by atoms with van der Waals surface area (Å²) in [5.74, 6) is 0.820. The molecule has 25 heavy (non-hydrogen) atoms. The van der Waals surface area contributed by atoms with Crippen molar-refractivity contribution >= 4 is 16.9 Å². The smallest absolute Gasteiger partial charge is 0.287 e. The van der Waals surface area contributed by atoms with Crippen LogP contribution in [0.4, 0.5) is 0 Å². The first-order valence-corrected chi connectivity index (χ1v) is 8.53. The number of imidazole rings is 1. The molecule has 0 spiro atoms. The number of ether oxygens (including phenoxy) is 1. The van der Waals surface area contributed by atoms with Gasteiger partial charge in [-0.2, -0.15) is 0 Å². The first-order chi connectivity index (χ1) is 12.2. The number of para-hydroxylation sites is 1. The zero-order valence-electron chi connectivity index (χ0n) is 14.4. The molecule has 1 aliphatic rings. The molecule has 1 aliphatic carbocycles. The predicted octanol–water partition coefficient (Wildman–Crippen LogP) is 3.47. The second-order valence-electron chi connectivity index (χ2n) is 6.48. The Morgan fingerprint density at radius 3 is 3.04 bits per heavy atom. The zero-order chi connectivity index (χ0) is 17.4. The third-order valence-electron chi connectivity index (χ3n) is 5.06. The molecule has 1 fully saturated rings. The number of hydrogen-bond acceptors (Lipinski definition) is 4. The Kier molecular flexibility index (Phi) is 3.95. The minimum atomic E-state index is -0.173. The first kappa shape index (κ1) is 15.7. The van der Waals surface area contributed by atoms with Crippen LogP contribution in [-0.4, -0.2) is 28.6 Å². The van der Waals surface area contributed by atoms with Crippen molar-refractivity contribution in [3.63, 3.8) is 0 Å². The second kappa shape index (κ2) is 6.27. The number of nitrogens with one attached hydrogen (secondary N) is 1. The van der Waals surface area contributed by atoms with Gasteiger partial charge in [-0.25, -0.2) is 4.98 Å². The van der Waals surface area contributed by atoms with Crippen molar-refractivity contribution in [3.05, 3.63) is 48.2 Å². The van der Waals surface area contributed by atoms with E-state index in [1.807, 2.05) is 37.6 Å². The number of rotatable bonds is 4. The molecule has 6 heteroatoms. The number of hydrogen-bond donors (Lipinski definition) is 1. The van der Waals surface area contributed by atoms with Crippen molar-refractivity contribution < 1.29 is 13.9 Å². The van der Waals surface area contributed by atoms with Gasteiger partial charge in [-0.3, -0.25) is 4.79 Å². The number of amides is 1. The Morgan fingerprint density at radius 2 is 2.28 bits per heavy atom. The van der Waals surface area contributed by atoms with Gasteiger partial charge in [0.1, 0.15) is 0 Å². The standard InChI is InChI=1S/C19H21N3O3/c1-12-13-5-3-8-16(24-2)18(13)25-17(12)19(23)21-14-6-4-7-15(14)22-10-9-20-11-22/h3,5,8-11,14-15H,4,6-7H2,1-2H3,(H,21,23)/t14-,15-/m0/s1. The van der Waals surface area contributed by atoms with E-state index in [-0.39, 0.29) is 18.0 Å². The summed E-state index contributed by atoms with van der Waals surface area (Å²) in [5.41, 5.74) is 1.45. The Hall–Kier alpha value is -2.76. The molecule has 4 rings (SSSR count). The number of nitrogens with zero attached hydrogens (tertiary/aromatic N) is 2. The van der Waals surface area contributed by atoms with E-state index >= 15 is 0 Å². The minimum absolute atomic E-state index is 0.0798. The summed E-state index contributed by atoms with van der Waals surface area (Å²) in [6.07, 6.45) is 8.61. The topological polar surface area (TPSA) is 69.3 Å². The minimum Gasteiger partial charge on any atom is -0.493 e. The average molecular weight is 339 g/mol. The highest BCUT2D eigenvalue weighted by Gasteiger charge is 2.31. The van der Waals surface area contributed by atoms with Crippen LogP contribution in [0.1, 0.15) is 41.4 Å². The fourth-order valence-corrected chi connectivity index (χ4v) is 3.76. The van der Waals surface area contributed by atoms with Gasteiger partial charge in [-0.05, 0) is 32.3 Å². The Bertz CT molecular complexity index is 898. The van der Waals surface area contributed by atoms with Crippen LogP contribution in [0.25, 0.3) is 11.0 Å². The Morgan fingerprint density at radius 1 is 1.40 bits per heavy atom. The zero-order valence-corrected chi connectivity index (χ0v) is 14.4. The van der Waals surface area contributed by atoms with Gasteiger partial charge in [0.15, 0.2) is 17.1 Å². The van der Waals surface area contributed by atoms with Gasteiger partial charge in [0.05, 0.1) is 25.5 Å². The molecule has 2 atom stereocenters. The number of carbonyl (C=O) groups is 1. The molecular weight excluding hydrogens is 318 g/mol. The lowest BCUT2D eigenvalue weighted by molar-refractivity contribution is 0.0902. The fourth-order valence-electron chi connectivity index (χ4n) is 3.76. The van der Waals surface area contributed by atoms with E-state index in [4.69, 9.17) is 9.15 Å². The van der Waals surface area contributed by atoms with Crippen LogP contribution in [0, 0.1) is 6.92 Å². The van der Waals surface area contributed by atoms with Crippen LogP contribution in [0.3, 0.4) is 0 Å². The third kappa shape index (κ3) is 2.67. The largest absolute Gasteiger partial charge is 0.493 e. The molecule has 1 saturated carbocycles. The number of benzene rings is 1. The number of carbonyl (C=O) groups excluding carboxylic acids is 1. The van der Waals surface area contributed by atoms with E-state index in [0.717, 1.165) is 30.2 Å². The van der Waals surface area contributed by atoms with E-state index in [9.17, 15) is 4.79 Å². The molecule has 1 N–H and O–H groups in total. The number of fused-ring (bicyclic) bond motifs is 1. The van der Waals surface area contributed by atoms with Crippen molar-refractivity contribution in [1.29, 1.82) is 0 Å². The molecule has 1 amide bonds. The third-order valence-corrected chi connectivity index (χ3v) is 5.06. The van der Waals surface area contributed by atoms with Crippen LogP contribution in [-0.2, 0) is 0 Å². The van der Waals surface area contributed by atoms with Crippen molar-refractivity contribution in [3.8, 4) is 5.75 Å². The van der Waals surface area contributed by atoms with Gasteiger partial charge < -0.3 is 19.0 Å². The molecule has 0 saturated heterocycles. The van der Waals surface area contributed by atoms with E-state index in [0.29, 0.717) is 17.1 Å². The van der Waals surface area contributed by atoms with Crippen LogP contribution < -0.4 is 10.1 Å². The van der Waals surface area contributed by atoms with Crippen LogP contribution in [0.2, 0.25) is 0 Å². The summed E-state index contributed by atoms with van der Waals surface area (Å²) in [7, 11) is 1.60. The summed E-state index contributed by atoms with van der Waals surface area (Å²) in [4.78, 5) is 17.0. The highest BCUT2D eigenvalue weighted by molar-refractivity contribution is 6.00. The molecule has 3 aromatic rings. The maximum absolute atomic E-state index is 12.8. The number of methoxy groups -OCH3 is 1.